The zero-order chi connectivity index (χ0) is 52.5. The summed E-state index contributed by atoms with van der Waals surface area (Å²) >= 11 is 0. The number of nitrogens with one attached hydrogen (secondary N) is 2. The minimum absolute atomic E-state index is 0.0168. The molecule has 0 aromatic heterocycles. The second kappa shape index (κ2) is 20.5. The Labute approximate surface area is 442 Å². The highest BCUT2D eigenvalue weighted by Gasteiger charge is 2.59. The highest BCUT2D eigenvalue weighted by molar-refractivity contribution is 6.24. The lowest BCUT2D eigenvalue weighted by Crippen LogP contribution is -2.51. The van der Waals surface area contributed by atoms with E-state index in [1.54, 1.807) is 5.57 Å². The van der Waals surface area contributed by atoms with Crippen molar-refractivity contribution in [3.8, 4) is 0 Å². The zero-order valence-corrected chi connectivity index (χ0v) is 46.6. The summed E-state index contributed by atoms with van der Waals surface area (Å²) in [4.78, 5) is 43.2. The van der Waals surface area contributed by atoms with Crippen molar-refractivity contribution in [2.45, 2.75) is 165 Å². The SMILES string of the molecule is C=CC1=C(C)C2=NC1=CC1=NC(=CC3=C(C)C4=C(O)[C@H](C(=O)NCCO[C@H]5CC[C@@]6(C)C(=CC[C@H]7[C@@H]8CC[C@H]([C@H](C)CCCC(C)C)[C@@]8(C)CC[C@@H]76)C5)C(=C5NC(=C2)[C@@H](C)[C@@H]5CCC(=O)OC)C4=N3)C(CC)=C1C. The molecule has 5 heterocycles. The Morgan fingerprint density at radius 2 is 1.73 bits per heavy atom. The molecular formula is C64H85N5O5. The highest BCUT2D eigenvalue weighted by Crippen LogP contribution is 2.67. The standard InChI is InChI=1S/C64H85N5O5/c1-13-42-36(6)49-31-51-38(8)44(20-23-55(70)73-12)59(68-51)57-58(61(71)56-39(9)52(69-60(56)57)33-54-43(14-2)37(7)50(67-54)32-53(42)66-49)62(72)65-28-29-74-41-24-26-63(10)40(30-41)18-19-45-47-22-21-46(35(5)17-15-16-34(3)4)64(47,11)27-25-48(45)63/h13,18,31-35,38,41,44-48,58,68,71H,1,14-17,19-30H2,2-12H3,(H,65,72)/t35-,38+,41+,44+,45+,46-,47+,48+,58-,63+,64-/m1/s1. The van der Waals surface area contributed by atoms with Gasteiger partial charge in [0, 0.05) is 52.9 Å². The molecule has 0 unspecified atom stereocenters. The molecular weight excluding hydrogens is 919 g/mol. The van der Waals surface area contributed by atoms with Crippen molar-refractivity contribution in [3.63, 3.8) is 0 Å². The molecule has 10 nitrogen and oxygen atoms in total. The first kappa shape index (κ1) is 52.4. The molecule has 0 radical (unpaired) electrons. The minimum atomic E-state index is -1.02. The average Bonchev–Trinajstić information content (AvgIpc) is 4.18. The number of methoxy groups -OCH3 is 1. The summed E-state index contributed by atoms with van der Waals surface area (Å²) in [5.41, 5.74) is 14.7. The van der Waals surface area contributed by atoms with Crippen LogP contribution >= 0.6 is 0 Å². The summed E-state index contributed by atoms with van der Waals surface area (Å²) in [6, 6.07) is 0. The van der Waals surface area contributed by atoms with Crippen LogP contribution in [0.3, 0.4) is 0 Å². The van der Waals surface area contributed by atoms with Crippen LogP contribution < -0.4 is 10.6 Å². The number of aliphatic hydroxyl groups excluding tert-OH is 1. The van der Waals surface area contributed by atoms with Crippen LogP contribution in [0.4, 0.5) is 0 Å². The molecule has 1 amide bonds. The molecule has 3 N–H and O–H groups in total. The predicted molar refractivity (Wildman–Crippen MR) is 298 cm³/mol. The maximum atomic E-state index is 14.8. The third-order valence-electron chi connectivity index (χ3n) is 20.6. The van der Waals surface area contributed by atoms with Crippen molar-refractivity contribution in [1.82, 2.24) is 10.6 Å². The van der Waals surface area contributed by atoms with Gasteiger partial charge in [0.05, 0.1) is 54.0 Å². The summed E-state index contributed by atoms with van der Waals surface area (Å²) < 4.78 is 11.8. The largest absolute Gasteiger partial charge is 0.510 e. The number of nitrogens with zero attached hydrogens (tertiary/aromatic N) is 3. The number of aliphatic hydroxyl groups is 1. The first-order valence-electron chi connectivity index (χ1n) is 28.7. The van der Waals surface area contributed by atoms with Gasteiger partial charge in [0.15, 0.2) is 0 Å². The lowest BCUT2D eigenvalue weighted by molar-refractivity contribution is -0.141. The minimum Gasteiger partial charge on any atom is -0.510 e. The van der Waals surface area contributed by atoms with Gasteiger partial charge in [0.2, 0.25) is 5.91 Å². The number of rotatable bonds is 15. The summed E-state index contributed by atoms with van der Waals surface area (Å²) in [7, 11) is 1.41. The van der Waals surface area contributed by atoms with Crippen LogP contribution in [-0.2, 0) is 19.1 Å². The van der Waals surface area contributed by atoms with Crippen molar-refractivity contribution in [1.29, 1.82) is 0 Å². The topological polar surface area (TPSA) is 134 Å². The number of carbonyl (C=O) groups is 2. The molecule has 0 aromatic carbocycles. The molecule has 0 aromatic rings. The van der Waals surface area contributed by atoms with E-state index in [9.17, 15) is 14.7 Å². The van der Waals surface area contributed by atoms with E-state index in [0.717, 1.165) is 123 Å². The fourth-order valence-electron chi connectivity index (χ4n) is 16.4. The molecule has 10 rings (SSSR count). The molecule has 10 heteroatoms. The molecule has 0 spiro atoms. The van der Waals surface area contributed by atoms with Crippen LogP contribution in [0, 0.1) is 64.1 Å². The number of ether oxygens (including phenoxy) is 2. The van der Waals surface area contributed by atoms with E-state index in [2.05, 4.69) is 97.8 Å². The number of amides is 1. The number of carbonyl (C=O) groups excluding carboxylic acids is 2. The average molecular weight is 1000 g/mol. The molecule has 1 saturated heterocycles. The zero-order valence-electron chi connectivity index (χ0n) is 46.6. The van der Waals surface area contributed by atoms with Gasteiger partial charge in [-0.1, -0.05) is 92.0 Å². The number of allylic oxidation sites excluding steroid dienone is 12. The van der Waals surface area contributed by atoms with Crippen LogP contribution in [0.1, 0.15) is 159 Å². The van der Waals surface area contributed by atoms with Crippen LogP contribution in [0.25, 0.3) is 0 Å². The predicted octanol–water partition coefficient (Wildman–Crippen LogP) is 13.6. The Hall–Kier alpha value is -5.09. The van der Waals surface area contributed by atoms with E-state index in [4.69, 9.17) is 24.5 Å². The van der Waals surface area contributed by atoms with Gasteiger partial charge in [-0.25, -0.2) is 15.0 Å². The van der Waals surface area contributed by atoms with Crippen LogP contribution in [0.2, 0.25) is 0 Å². The summed E-state index contributed by atoms with van der Waals surface area (Å²) in [5.74, 6) is 2.90. The Balaban J connectivity index is 0.886. The second-order valence-electron chi connectivity index (χ2n) is 24.8. The molecule has 10 aliphatic rings. The van der Waals surface area contributed by atoms with Crippen molar-refractivity contribution in [3.05, 3.63) is 116 Å². The molecule has 8 bridgehead atoms. The molecule has 11 atom stereocenters. The Kier molecular flexibility index (Phi) is 14.5. The molecule has 74 heavy (non-hydrogen) atoms. The Bertz CT molecular complexity index is 2800. The van der Waals surface area contributed by atoms with E-state index < -0.39 is 5.92 Å². The van der Waals surface area contributed by atoms with E-state index in [1.165, 1.54) is 58.5 Å². The van der Waals surface area contributed by atoms with Crippen LogP contribution in [0.15, 0.2) is 131 Å². The van der Waals surface area contributed by atoms with Gasteiger partial charge in [0.1, 0.15) is 11.7 Å². The second-order valence-corrected chi connectivity index (χ2v) is 24.8. The van der Waals surface area contributed by atoms with Gasteiger partial charge in [-0.2, -0.15) is 0 Å². The first-order valence-corrected chi connectivity index (χ1v) is 28.7. The van der Waals surface area contributed by atoms with E-state index in [1.807, 2.05) is 19.1 Å². The van der Waals surface area contributed by atoms with E-state index >= 15 is 0 Å². The first-order chi connectivity index (χ1) is 35.4. The molecule has 3 saturated carbocycles. The van der Waals surface area contributed by atoms with Gasteiger partial charge < -0.3 is 25.2 Å². The number of aliphatic imine (C=N–C) groups is 3. The van der Waals surface area contributed by atoms with Gasteiger partial charge in [-0.05, 0) is 172 Å². The van der Waals surface area contributed by atoms with Crippen molar-refractivity contribution in [2.24, 2.45) is 79.1 Å². The van der Waals surface area contributed by atoms with Gasteiger partial charge in [-0.15, -0.1) is 0 Å². The summed E-state index contributed by atoms with van der Waals surface area (Å²) in [6.07, 6.45) is 26.2. The monoisotopic (exact) mass is 1000 g/mol. The number of fused-ring (bicyclic) bond motifs is 10. The summed E-state index contributed by atoms with van der Waals surface area (Å²) in [6.45, 7) is 27.8. The van der Waals surface area contributed by atoms with Crippen molar-refractivity contribution in [2.75, 3.05) is 20.3 Å². The third kappa shape index (κ3) is 8.88. The third-order valence-corrected chi connectivity index (χ3v) is 20.6. The highest BCUT2D eigenvalue weighted by atomic mass is 16.5. The smallest absolute Gasteiger partial charge is 0.305 e. The van der Waals surface area contributed by atoms with Crippen LogP contribution in [0.5, 0.6) is 0 Å². The quantitative estimate of drug-likeness (QED) is 0.0850. The Morgan fingerprint density at radius 1 is 0.959 bits per heavy atom. The Morgan fingerprint density at radius 3 is 2.47 bits per heavy atom. The molecule has 4 fully saturated rings. The van der Waals surface area contributed by atoms with E-state index in [0.29, 0.717) is 47.5 Å². The van der Waals surface area contributed by atoms with Gasteiger partial charge in [0.25, 0.3) is 0 Å². The molecule has 396 valence electrons. The lowest BCUT2D eigenvalue weighted by Gasteiger charge is -2.58. The molecule has 5 aliphatic heterocycles. The number of hydrogen-bond donors (Lipinski definition) is 3. The van der Waals surface area contributed by atoms with Crippen molar-refractivity contribution >= 4 is 29.0 Å². The normalized spacial score (nSPS) is 33.4. The number of hydrogen-bond acceptors (Lipinski definition) is 9. The maximum Gasteiger partial charge on any atom is 0.305 e. The fourth-order valence-corrected chi connectivity index (χ4v) is 16.4. The number of esters is 1. The fraction of sp³-hybridized carbons (Fsp3) is 0.609. The van der Waals surface area contributed by atoms with Gasteiger partial charge >= 0.3 is 5.97 Å². The summed E-state index contributed by atoms with van der Waals surface area (Å²) in [5, 5.41) is 19.4. The van der Waals surface area contributed by atoms with E-state index in [-0.39, 0.29) is 47.4 Å². The lowest BCUT2D eigenvalue weighted by atomic mass is 9.47. The molecule has 5 aliphatic carbocycles. The van der Waals surface area contributed by atoms with Crippen molar-refractivity contribution < 1.29 is 24.2 Å². The maximum absolute atomic E-state index is 14.8. The van der Waals surface area contributed by atoms with Gasteiger partial charge in [-0.3, -0.25) is 9.59 Å². The van der Waals surface area contributed by atoms with Crippen LogP contribution in [-0.4, -0.2) is 60.5 Å².